The molecule has 0 aliphatic carbocycles. The van der Waals surface area contributed by atoms with Gasteiger partial charge in [-0.25, -0.2) is 0 Å². The number of amides is 1. The molecular formula is C23H31N3O3. The highest BCUT2D eigenvalue weighted by atomic mass is 16.5. The first kappa shape index (κ1) is 21.3. The van der Waals surface area contributed by atoms with Crippen LogP contribution in [0.4, 0.5) is 5.69 Å². The van der Waals surface area contributed by atoms with Gasteiger partial charge in [0.25, 0.3) is 5.91 Å². The van der Waals surface area contributed by atoms with Gasteiger partial charge < -0.3 is 19.7 Å². The van der Waals surface area contributed by atoms with Crippen molar-refractivity contribution in [2.45, 2.75) is 6.42 Å². The molecule has 0 unspecified atom stereocenters. The maximum absolute atomic E-state index is 12.7. The van der Waals surface area contributed by atoms with E-state index in [0.717, 1.165) is 51.5 Å². The summed E-state index contributed by atoms with van der Waals surface area (Å²) in [5.41, 5.74) is 2.60. The minimum Gasteiger partial charge on any atom is -0.491 e. The summed E-state index contributed by atoms with van der Waals surface area (Å²) in [7, 11) is 3.99. The van der Waals surface area contributed by atoms with Crippen LogP contribution in [0.5, 0.6) is 5.75 Å². The van der Waals surface area contributed by atoms with Crippen LogP contribution in [-0.2, 0) is 11.2 Å². The van der Waals surface area contributed by atoms with Crippen LogP contribution in [0.1, 0.15) is 15.9 Å². The molecule has 0 aromatic heterocycles. The molecule has 0 radical (unpaired) electrons. The van der Waals surface area contributed by atoms with Gasteiger partial charge in [0.15, 0.2) is 0 Å². The van der Waals surface area contributed by atoms with Crippen molar-refractivity contribution < 1.29 is 14.3 Å². The van der Waals surface area contributed by atoms with Crippen molar-refractivity contribution >= 4 is 11.6 Å². The van der Waals surface area contributed by atoms with Crippen LogP contribution in [0.15, 0.2) is 48.5 Å². The Morgan fingerprint density at radius 3 is 2.55 bits per heavy atom. The summed E-state index contributed by atoms with van der Waals surface area (Å²) in [4.78, 5) is 17.2. The molecule has 1 aliphatic rings. The van der Waals surface area contributed by atoms with Gasteiger partial charge in [-0.3, -0.25) is 9.69 Å². The number of nitrogens with one attached hydrogen (secondary N) is 1. The Hall–Kier alpha value is -2.41. The van der Waals surface area contributed by atoms with Crippen molar-refractivity contribution in [2.75, 3.05) is 65.4 Å². The van der Waals surface area contributed by atoms with Crippen molar-refractivity contribution in [3.63, 3.8) is 0 Å². The normalized spacial score (nSPS) is 14.7. The monoisotopic (exact) mass is 397 g/mol. The molecule has 1 saturated heterocycles. The largest absolute Gasteiger partial charge is 0.491 e. The van der Waals surface area contributed by atoms with E-state index in [4.69, 9.17) is 9.47 Å². The molecule has 1 aliphatic heterocycles. The van der Waals surface area contributed by atoms with Gasteiger partial charge in [-0.05, 0) is 50.3 Å². The summed E-state index contributed by atoms with van der Waals surface area (Å²) in [6, 6.07) is 15.4. The lowest BCUT2D eigenvalue weighted by Crippen LogP contribution is -2.37. The summed E-state index contributed by atoms with van der Waals surface area (Å²) in [6.45, 7) is 6.02. The lowest BCUT2D eigenvalue weighted by molar-refractivity contribution is 0.0384. The van der Waals surface area contributed by atoms with Crippen LogP contribution >= 0.6 is 0 Å². The maximum Gasteiger partial charge on any atom is 0.259 e. The van der Waals surface area contributed by atoms with Crippen LogP contribution in [0.2, 0.25) is 0 Å². The third-order valence-corrected chi connectivity index (χ3v) is 4.96. The predicted octanol–water partition coefficient (Wildman–Crippen LogP) is 2.75. The third-order valence-electron chi connectivity index (χ3n) is 4.96. The van der Waals surface area contributed by atoms with Crippen molar-refractivity contribution in [1.82, 2.24) is 9.80 Å². The molecule has 0 atom stereocenters. The van der Waals surface area contributed by atoms with Crippen molar-refractivity contribution in [3.05, 3.63) is 59.7 Å². The Bertz CT molecular complexity index is 771. The first-order chi connectivity index (χ1) is 14.1. The van der Waals surface area contributed by atoms with Crippen LogP contribution < -0.4 is 10.1 Å². The highest BCUT2D eigenvalue weighted by molar-refractivity contribution is 6.06. The quantitative estimate of drug-likeness (QED) is 0.705. The minimum absolute atomic E-state index is 0.161. The van der Waals surface area contributed by atoms with Gasteiger partial charge in [0.1, 0.15) is 12.4 Å². The first-order valence-corrected chi connectivity index (χ1v) is 10.2. The second-order valence-corrected chi connectivity index (χ2v) is 7.50. The molecule has 3 rings (SSSR count). The number of likely N-dealkylation sites (N-methyl/N-ethyl adjacent to an activating group) is 1. The lowest BCUT2D eigenvalue weighted by Gasteiger charge is -2.26. The number of hydrogen-bond acceptors (Lipinski definition) is 5. The predicted molar refractivity (Wildman–Crippen MR) is 116 cm³/mol. The zero-order valence-electron chi connectivity index (χ0n) is 17.4. The molecule has 2 aromatic carbocycles. The number of benzene rings is 2. The number of carbonyl (C=O) groups is 1. The van der Waals surface area contributed by atoms with E-state index in [1.807, 2.05) is 49.3 Å². The number of anilines is 1. The van der Waals surface area contributed by atoms with Gasteiger partial charge in [0.2, 0.25) is 0 Å². The van der Waals surface area contributed by atoms with Crippen molar-refractivity contribution in [3.8, 4) is 5.75 Å². The fraction of sp³-hybridized carbons (Fsp3) is 0.435. The summed E-state index contributed by atoms with van der Waals surface area (Å²) in [5.74, 6) is 0.445. The molecule has 1 heterocycles. The molecule has 29 heavy (non-hydrogen) atoms. The van der Waals surface area contributed by atoms with E-state index in [-0.39, 0.29) is 5.91 Å². The second-order valence-electron chi connectivity index (χ2n) is 7.50. The molecule has 156 valence electrons. The topological polar surface area (TPSA) is 54.0 Å². The zero-order chi connectivity index (χ0) is 20.5. The van der Waals surface area contributed by atoms with E-state index in [2.05, 4.69) is 22.3 Å². The molecule has 1 amide bonds. The van der Waals surface area contributed by atoms with E-state index >= 15 is 0 Å². The number of nitrogens with zero attached hydrogens (tertiary/aromatic N) is 2. The van der Waals surface area contributed by atoms with Gasteiger partial charge in [-0.2, -0.15) is 0 Å². The number of rotatable bonds is 9. The smallest absolute Gasteiger partial charge is 0.259 e. The van der Waals surface area contributed by atoms with Crippen molar-refractivity contribution in [2.24, 2.45) is 0 Å². The molecule has 0 spiro atoms. The Balaban J connectivity index is 1.53. The van der Waals surface area contributed by atoms with E-state index in [1.165, 1.54) is 5.56 Å². The number of hydrogen-bond donors (Lipinski definition) is 1. The average molecular weight is 398 g/mol. The Morgan fingerprint density at radius 2 is 1.83 bits per heavy atom. The molecular weight excluding hydrogens is 366 g/mol. The van der Waals surface area contributed by atoms with Gasteiger partial charge in [-0.1, -0.05) is 24.3 Å². The van der Waals surface area contributed by atoms with Crippen LogP contribution in [0, 0.1) is 0 Å². The van der Waals surface area contributed by atoms with Gasteiger partial charge >= 0.3 is 0 Å². The summed E-state index contributed by atoms with van der Waals surface area (Å²) < 4.78 is 11.2. The fourth-order valence-corrected chi connectivity index (χ4v) is 3.18. The van der Waals surface area contributed by atoms with Gasteiger partial charge in [0, 0.05) is 31.9 Å². The molecule has 0 bridgehead atoms. The van der Waals surface area contributed by atoms with Crippen LogP contribution in [0.25, 0.3) is 0 Å². The van der Waals surface area contributed by atoms with Gasteiger partial charge in [0.05, 0.1) is 18.8 Å². The lowest BCUT2D eigenvalue weighted by atomic mass is 10.1. The highest BCUT2D eigenvalue weighted by Crippen LogP contribution is 2.20. The zero-order valence-corrected chi connectivity index (χ0v) is 17.4. The fourth-order valence-electron chi connectivity index (χ4n) is 3.18. The van der Waals surface area contributed by atoms with E-state index in [9.17, 15) is 4.79 Å². The van der Waals surface area contributed by atoms with E-state index in [1.54, 1.807) is 6.07 Å². The molecule has 6 heteroatoms. The molecule has 6 nitrogen and oxygen atoms in total. The number of ether oxygens (including phenoxy) is 2. The standard InChI is InChI=1S/C23H31N3O3/c1-25(2)13-18-29-22-6-4-3-5-21(22)23(27)24-20-9-7-19(8-10-20)11-12-26-14-16-28-17-15-26/h3-10H,11-18H2,1-2H3,(H,24,27). The summed E-state index contributed by atoms with van der Waals surface area (Å²) in [5, 5.41) is 2.97. The Morgan fingerprint density at radius 1 is 1.10 bits per heavy atom. The first-order valence-electron chi connectivity index (χ1n) is 10.2. The number of morpholine rings is 1. The van der Waals surface area contributed by atoms with Crippen LogP contribution in [0.3, 0.4) is 0 Å². The van der Waals surface area contributed by atoms with E-state index in [0.29, 0.717) is 17.9 Å². The Labute approximate surface area is 173 Å². The molecule has 1 fully saturated rings. The van der Waals surface area contributed by atoms with Crippen LogP contribution in [-0.4, -0.2) is 75.8 Å². The molecule has 0 saturated carbocycles. The highest BCUT2D eigenvalue weighted by Gasteiger charge is 2.13. The van der Waals surface area contributed by atoms with Crippen molar-refractivity contribution in [1.29, 1.82) is 0 Å². The minimum atomic E-state index is -0.161. The summed E-state index contributed by atoms with van der Waals surface area (Å²) >= 11 is 0. The Kier molecular flexibility index (Phi) is 8.04. The third kappa shape index (κ3) is 6.85. The van der Waals surface area contributed by atoms with E-state index < -0.39 is 0 Å². The number of carbonyl (C=O) groups excluding carboxylic acids is 1. The summed E-state index contributed by atoms with van der Waals surface area (Å²) in [6.07, 6.45) is 0.997. The number of para-hydroxylation sites is 1. The SMILES string of the molecule is CN(C)CCOc1ccccc1C(=O)Nc1ccc(CCN2CCOCC2)cc1. The molecule has 1 N–H and O–H groups in total. The van der Waals surface area contributed by atoms with Gasteiger partial charge in [-0.15, -0.1) is 0 Å². The molecule has 2 aromatic rings. The second kappa shape index (κ2) is 11.0. The average Bonchev–Trinajstić information content (AvgIpc) is 2.74. The maximum atomic E-state index is 12.7.